The first-order chi connectivity index (χ1) is 13.5. The van der Waals surface area contributed by atoms with Gasteiger partial charge in [0.25, 0.3) is 0 Å². The topological polar surface area (TPSA) is 142 Å². The van der Waals surface area contributed by atoms with Gasteiger partial charge in [0.2, 0.25) is 17.7 Å². The molecule has 166 valence electrons. The third-order valence-electron chi connectivity index (χ3n) is 4.92. The van der Waals surface area contributed by atoms with E-state index < -0.39 is 47.9 Å². The van der Waals surface area contributed by atoms with Gasteiger partial charge in [-0.05, 0) is 31.1 Å². The molecule has 0 aromatic rings. The molecule has 0 radical (unpaired) electrons. The first-order valence-corrected chi connectivity index (χ1v) is 10.6. The van der Waals surface area contributed by atoms with Crippen LogP contribution in [0.15, 0.2) is 0 Å². The molecule has 0 aromatic carbocycles. The Hall–Kier alpha value is -1.81. The lowest BCUT2D eigenvalue weighted by Crippen LogP contribution is -2.58. The second kappa shape index (κ2) is 11.4. The van der Waals surface area contributed by atoms with Crippen molar-refractivity contribution in [2.75, 3.05) is 12.3 Å². The molecule has 1 saturated heterocycles. The lowest BCUT2D eigenvalue weighted by atomic mass is 9.99. The van der Waals surface area contributed by atoms with Crippen LogP contribution in [0, 0.1) is 11.8 Å². The zero-order chi connectivity index (χ0) is 22.3. The van der Waals surface area contributed by atoms with Gasteiger partial charge in [0.1, 0.15) is 18.1 Å². The van der Waals surface area contributed by atoms with Crippen LogP contribution in [0.1, 0.15) is 47.0 Å². The van der Waals surface area contributed by atoms with E-state index in [1.807, 2.05) is 13.8 Å². The normalized spacial score (nSPS) is 19.7. The van der Waals surface area contributed by atoms with Gasteiger partial charge in [-0.2, -0.15) is 12.6 Å². The maximum Gasteiger partial charge on any atom is 0.326 e. The average molecular weight is 431 g/mol. The van der Waals surface area contributed by atoms with Crippen molar-refractivity contribution in [3.8, 4) is 0 Å². The molecule has 0 saturated carbocycles. The molecule has 0 aromatic heterocycles. The van der Waals surface area contributed by atoms with Crippen LogP contribution in [-0.4, -0.2) is 70.2 Å². The number of thiol groups is 1. The summed E-state index contributed by atoms with van der Waals surface area (Å²) in [6.07, 6.45) is 1.37. The van der Waals surface area contributed by atoms with Crippen LogP contribution >= 0.6 is 12.6 Å². The Morgan fingerprint density at radius 1 is 1.14 bits per heavy atom. The number of likely N-dealkylation sites (tertiary alicyclic amines) is 1. The predicted molar refractivity (Wildman–Crippen MR) is 112 cm³/mol. The molecule has 4 unspecified atom stereocenters. The highest BCUT2D eigenvalue weighted by molar-refractivity contribution is 7.80. The standard InChI is InChI=1S/C19H34N4O5S/c1-10(2)8-13(18(26)23-7-5-6-14(23)19(27)28)21-17(25)15(11(3)4)22-16(24)12(20)9-29/h10-15,29H,5-9,20H2,1-4H3,(H,21,25)(H,22,24)(H,27,28). The van der Waals surface area contributed by atoms with E-state index in [2.05, 4.69) is 23.3 Å². The number of carbonyl (C=O) groups is 4. The maximum absolute atomic E-state index is 13.0. The summed E-state index contributed by atoms with van der Waals surface area (Å²) in [6, 6.07) is -3.45. The monoisotopic (exact) mass is 430 g/mol. The second-order valence-corrected chi connectivity index (χ2v) is 8.60. The summed E-state index contributed by atoms with van der Waals surface area (Å²) in [5.74, 6) is -2.44. The van der Waals surface area contributed by atoms with E-state index in [1.165, 1.54) is 4.90 Å². The highest BCUT2D eigenvalue weighted by Crippen LogP contribution is 2.20. The van der Waals surface area contributed by atoms with Gasteiger partial charge in [-0.3, -0.25) is 14.4 Å². The summed E-state index contributed by atoms with van der Waals surface area (Å²) in [4.78, 5) is 50.8. The van der Waals surface area contributed by atoms with Gasteiger partial charge < -0.3 is 26.4 Å². The van der Waals surface area contributed by atoms with Crippen molar-refractivity contribution in [2.24, 2.45) is 17.6 Å². The minimum absolute atomic E-state index is 0.0971. The Bertz CT molecular complexity index is 613. The molecule has 1 fully saturated rings. The number of hydrogen-bond donors (Lipinski definition) is 5. The molecule has 1 rings (SSSR count). The van der Waals surface area contributed by atoms with Gasteiger partial charge in [0.05, 0.1) is 6.04 Å². The van der Waals surface area contributed by atoms with Crippen LogP contribution in [0.4, 0.5) is 0 Å². The van der Waals surface area contributed by atoms with Crippen LogP contribution < -0.4 is 16.4 Å². The van der Waals surface area contributed by atoms with Crippen LogP contribution in [0.25, 0.3) is 0 Å². The summed E-state index contributed by atoms with van der Waals surface area (Å²) in [6.45, 7) is 7.73. The van der Waals surface area contributed by atoms with Gasteiger partial charge in [0.15, 0.2) is 0 Å². The van der Waals surface area contributed by atoms with Gasteiger partial charge in [-0.25, -0.2) is 4.79 Å². The fraction of sp³-hybridized carbons (Fsp3) is 0.789. The number of carboxylic acids is 1. The summed E-state index contributed by atoms with van der Waals surface area (Å²) in [7, 11) is 0. The highest BCUT2D eigenvalue weighted by Gasteiger charge is 2.38. The van der Waals surface area contributed by atoms with Crippen molar-refractivity contribution in [3.05, 3.63) is 0 Å². The third kappa shape index (κ3) is 7.18. The summed E-state index contributed by atoms with van der Waals surface area (Å²) >= 11 is 3.99. The van der Waals surface area contributed by atoms with Crippen molar-refractivity contribution in [1.29, 1.82) is 0 Å². The largest absolute Gasteiger partial charge is 0.480 e. The van der Waals surface area contributed by atoms with Crippen LogP contribution in [-0.2, 0) is 19.2 Å². The molecule has 29 heavy (non-hydrogen) atoms. The lowest BCUT2D eigenvalue weighted by Gasteiger charge is -2.30. The smallest absolute Gasteiger partial charge is 0.326 e. The zero-order valence-corrected chi connectivity index (χ0v) is 18.4. The van der Waals surface area contributed by atoms with Crippen LogP contribution in [0.5, 0.6) is 0 Å². The molecule has 0 aliphatic carbocycles. The Morgan fingerprint density at radius 2 is 1.76 bits per heavy atom. The van der Waals surface area contributed by atoms with E-state index in [1.54, 1.807) is 13.8 Å². The molecule has 9 nitrogen and oxygen atoms in total. The zero-order valence-electron chi connectivity index (χ0n) is 17.6. The second-order valence-electron chi connectivity index (χ2n) is 8.24. The first-order valence-electron chi connectivity index (χ1n) is 10.00. The van der Waals surface area contributed by atoms with Crippen LogP contribution in [0.3, 0.4) is 0 Å². The Balaban J connectivity index is 2.97. The molecule has 0 spiro atoms. The van der Waals surface area contributed by atoms with Gasteiger partial charge in [-0.1, -0.05) is 27.7 Å². The molecule has 0 bridgehead atoms. The molecule has 3 amide bonds. The Labute approximate surface area is 177 Å². The van der Waals surface area contributed by atoms with E-state index in [4.69, 9.17) is 5.73 Å². The lowest BCUT2D eigenvalue weighted by molar-refractivity contribution is -0.149. The molecule has 10 heteroatoms. The van der Waals surface area contributed by atoms with Crippen LogP contribution in [0.2, 0.25) is 0 Å². The van der Waals surface area contributed by atoms with Crippen molar-refractivity contribution >= 4 is 36.3 Å². The maximum atomic E-state index is 13.0. The average Bonchev–Trinajstić information content (AvgIpc) is 3.13. The fourth-order valence-corrected chi connectivity index (χ4v) is 3.49. The van der Waals surface area contributed by atoms with Gasteiger partial charge in [-0.15, -0.1) is 0 Å². The molecule has 1 heterocycles. The third-order valence-corrected chi connectivity index (χ3v) is 5.32. The molecule has 4 atom stereocenters. The summed E-state index contributed by atoms with van der Waals surface area (Å²) in [5.41, 5.74) is 5.67. The number of nitrogens with two attached hydrogens (primary N) is 1. The number of carboxylic acid groups (broad SMARTS) is 1. The van der Waals surface area contributed by atoms with E-state index in [0.29, 0.717) is 25.8 Å². The fourth-order valence-electron chi connectivity index (χ4n) is 3.32. The first kappa shape index (κ1) is 25.2. The number of hydrogen-bond acceptors (Lipinski definition) is 6. The molecule has 1 aliphatic rings. The van der Waals surface area contributed by atoms with Crippen molar-refractivity contribution in [3.63, 3.8) is 0 Å². The van der Waals surface area contributed by atoms with Crippen molar-refractivity contribution in [1.82, 2.24) is 15.5 Å². The number of nitrogens with one attached hydrogen (secondary N) is 2. The highest BCUT2D eigenvalue weighted by atomic mass is 32.1. The van der Waals surface area contributed by atoms with Crippen molar-refractivity contribution < 1.29 is 24.3 Å². The number of aliphatic carboxylic acids is 1. The number of amides is 3. The van der Waals surface area contributed by atoms with E-state index in [-0.39, 0.29) is 17.6 Å². The van der Waals surface area contributed by atoms with Gasteiger partial charge >= 0.3 is 5.97 Å². The molecular weight excluding hydrogens is 396 g/mol. The van der Waals surface area contributed by atoms with E-state index in [0.717, 1.165) is 0 Å². The molecule has 5 N–H and O–H groups in total. The van der Waals surface area contributed by atoms with Gasteiger partial charge in [0, 0.05) is 12.3 Å². The van der Waals surface area contributed by atoms with Crippen molar-refractivity contribution in [2.45, 2.75) is 71.1 Å². The minimum Gasteiger partial charge on any atom is -0.480 e. The predicted octanol–water partition coefficient (Wildman–Crippen LogP) is -0.00920. The van der Waals surface area contributed by atoms with E-state index >= 15 is 0 Å². The Morgan fingerprint density at radius 3 is 2.24 bits per heavy atom. The molecular formula is C19H34N4O5S. The Kier molecular flexibility index (Phi) is 9.91. The van der Waals surface area contributed by atoms with E-state index in [9.17, 15) is 24.3 Å². The molecule has 1 aliphatic heterocycles. The minimum atomic E-state index is -1.04. The quantitative estimate of drug-likeness (QED) is 0.309. The number of carbonyl (C=O) groups excluding carboxylic acids is 3. The SMILES string of the molecule is CC(C)CC(NC(=O)C(NC(=O)C(N)CS)C(C)C)C(=O)N1CCCC1C(=O)O. The number of rotatable bonds is 10. The summed E-state index contributed by atoms with van der Waals surface area (Å²) < 4.78 is 0. The summed E-state index contributed by atoms with van der Waals surface area (Å²) in [5, 5.41) is 14.7. The number of nitrogens with zero attached hydrogens (tertiary/aromatic N) is 1.